The number of halogens is 1. The minimum Gasteiger partial charge on any atom is -0.391 e. The van der Waals surface area contributed by atoms with Gasteiger partial charge in [0, 0.05) is 24.9 Å². The predicted molar refractivity (Wildman–Crippen MR) is 42.8 cm³/mol. The van der Waals surface area contributed by atoms with Gasteiger partial charge in [0.1, 0.15) is 5.78 Å². The summed E-state index contributed by atoms with van der Waals surface area (Å²) in [6, 6.07) is 0.326. The highest BCUT2D eigenvalue weighted by molar-refractivity contribution is 5.85. The van der Waals surface area contributed by atoms with Crippen LogP contribution in [-0.4, -0.2) is 29.1 Å². The van der Waals surface area contributed by atoms with E-state index in [2.05, 4.69) is 5.32 Å². The summed E-state index contributed by atoms with van der Waals surface area (Å²) in [6.07, 6.45) is 1.62. The van der Waals surface area contributed by atoms with Crippen molar-refractivity contribution in [1.29, 1.82) is 0 Å². The van der Waals surface area contributed by atoms with Crippen LogP contribution in [0.3, 0.4) is 0 Å². The van der Waals surface area contributed by atoms with Gasteiger partial charge >= 0.3 is 0 Å². The zero-order valence-electron chi connectivity index (χ0n) is 6.12. The minimum absolute atomic E-state index is 0. The molecule has 2 aliphatic rings. The van der Waals surface area contributed by atoms with E-state index >= 15 is 0 Å². The summed E-state index contributed by atoms with van der Waals surface area (Å²) in [4.78, 5) is 10.9. The molecule has 0 aromatic carbocycles. The number of carbonyl (C=O) groups is 1. The molecule has 64 valence electrons. The lowest BCUT2D eigenvalue weighted by Crippen LogP contribution is -2.40. The van der Waals surface area contributed by atoms with E-state index in [9.17, 15) is 9.90 Å². The molecule has 2 N–H and O–H groups in total. The Kier molecular flexibility index (Phi) is 2.52. The number of hydrogen-bond acceptors (Lipinski definition) is 3. The van der Waals surface area contributed by atoms with Crippen molar-refractivity contribution in [2.45, 2.75) is 37.5 Å². The van der Waals surface area contributed by atoms with E-state index in [-0.39, 0.29) is 30.6 Å². The first-order valence-corrected chi connectivity index (χ1v) is 3.71. The second-order valence-electron chi connectivity index (χ2n) is 3.22. The van der Waals surface area contributed by atoms with Crippen molar-refractivity contribution in [2.24, 2.45) is 0 Å². The lowest BCUT2D eigenvalue weighted by molar-refractivity contribution is -0.121. The van der Waals surface area contributed by atoms with Crippen LogP contribution in [0.4, 0.5) is 0 Å². The number of ketones is 1. The molecule has 3 nitrogen and oxygen atoms in total. The van der Waals surface area contributed by atoms with E-state index in [0.717, 1.165) is 6.42 Å². The van der Waals surface area contributed by atoms with Crippen LogP contribution in [0, 0.1) is 0 Å². The topological polar surface area (TPSA) is 49.3 Å². The molecule has 2 heterocycles. The fourth-order valence-corrected chi connectivity index (χ4v) is 1.88. The summed E-state index contributed by atoms with van der Waals surface area (Å²) in [7, 11) is 0. The van der Waals surface area contributed by atoms with Gasteiger partial charge in [0.25, 0.3) is 0 Å². The van der Waals surface area contributed by atoms with Gasteiger partial charge < -0.3 is 10.4 Å². The first-order valence-electron chi connectivity index (χ1n) is 3.71. The molecule has 0 amide bonds. The zero-order valence-corrected chi connectivity index (χ0v) is 6.93. The number of carbonyl (C=O) groups excluding carboxylic acids is 1. The summed E-state index contributed by atoms with van der Waals surface area (Å²) in [6.45, 7) is 0. The van der Waals surface area contributed by atoms with E-state index in [0.29, 0.717) is 18.6 Å². The van der Waals surface area contributed by atoms with Gasteiger partial charge in [0.05, 0.1) is 6.10 Å². The van der Waals surface area contributed by atoms with Crippen LogP contribution in [0.5, 0.6) is 0 Å². The first-order chi connectivity index (χ1) is 4.75. The van der Waals surface area contributed by atoms with Gasteiger partial charge in [-0.05, 0) is 6.42 Å². The van der Waals surface area contributed by atoms with Crippen LogP contribution in [0.15, 0.2) is 0 Å². The molecule has 0 aliphatic carbocycles. The molecule has 0 aromatic heterocycles. The van der Waals surface area contributed by atoms with E-state index in [1.807, 2.05) is 0 Å². The molecule has 2 aliphatic heterocycles. The maximum absolute atomic E-state index is 10.9. The number of aliphatic hydroxyl groups is 1. The molecular formula is C7H12ClNO2. The fraction of sp³-hybridized carbons (Fsp3) is 0.857. The van der Waals surface area contributed by atoms with Gasteiger partial charge in [0.15, 0.2) is 0 Å². The molecule has 3 unspecified atom stereocenters. The summed E-state index contributed by atoms with van der Waals surface area (Å²) in [5.74, 6) is 0.297. The van der Waals surface area contributed by atoms with Crippen molar-refractivity contribution in [1.82, 2.24) is 5.32 Å². The Bertz CT molecular complexity index is 172. The maximum Gasteiger partial charge on any atom is 0.136 e. The highest BCUT2D eigenvalue weighted by Crippen LogP contribution is 2.24. The second-order valence-corrected chi connectivity index (χ2v) is 3.22. The Hall–Kier alpha value is -0.120. The van der Waals surface area contributed by atoms with Crippen LogP contribution in [0.25, 0.3) is 0 Å². The number of piperidine rings is 1. The van der Waals surface area contributed by atoms with Crippen LogP contribution >= 0.6 is 12.4 Å². The first kappa shape index (κ1) is 8.97. The smallest absolute Gasteiger partial charge is 0.136 e. The van der Waals surface area contributed by atoms with Crippen LogP contribution < -0.4 is 5.32 Å². The Morgan fingerprint density at radius 3 is 2.82 bits per heavy atom. The number of nitrogens with one attached hydrogen (secondary N) is 1. The lowest BCUT2D eigenvalue weighted by atomic mass is 10.0. The molecular weight excluding hydrogens is 166 g/mol. The van der Waals surface area contributed by atoms with Gasteiger partial charge in [-0.25, -0.2) is 0 Å². The molecule has 2 fully saturated rings. The van der Waals surface area contributed by atoms with Gasteiger partial charge in [0.2, 0.25) is 0 Å². The Morgan fingerprint density at radius 2 is 2.18 bits per heavy atom. The monoisotopic (exact) mass is 177 g/mol. The Morgan fingerprint density at radius 1 is 1.45 bits per heavy atom. The minimum atomic E-state index is -0.281. The van der Waals surface area contributed by atoms with Crippen LogP contribution in [-0.2, 0) is 4.79 Å². The van der Waals surface area contributed by atoms with Crippen molar-refractivity contribution in [2.75, 3.05) is 0 Å². The molecule has 11 heavy (non-hydrogen) atoms. The molecule has 0 radical (unpaired) electrons. The third-order valence-corrected chi connectivity index (χ3v) is 2.36. The highest BCUT2D eigenvalue weighted by Gasteiger charge is 2.38. The Labute approximate surface area is 71.6 Å². The third-order valence-electron chi connectivity index (χ3n) is 2.36. The van der Waals surface area contributed by atoms with Crippen molar-refractivity contribution in [3.63, 3.8) is 0 Å². The van der Waals surface area contributed by atoms with Crippen LogP contribution in [0.1, 0.15) is 19.3 Å². The molecule has 0 spiro atoms. The number of hydrogen-bond donors (Lipinski definition) is 2. The standard InChI is InChI=1S/C7H11NO2.ClH/c9-5-1-4-2-7(10)6(3-5)8-4;/h4,6-8,10H,1-3H2;1H. The average Bonchev–Trinajstić information content (AvgIpc) is 2.07. The molecule has 0 saturated carbocycles. The molecule has 4 heteroatoms. The SMILES string of the molecule is Cl.O=C1CC2CC(O)C(C1)N2. The quantitative estimate of drug-likeness (QED) is 0.542. The van der Waals surface area contributed by atoms with Crippen molar-refractivity contribution < 1.29 is 9.90 Å². The zero-order chi connectivity index (χ0) is 7.14. The molecule has 2 bridgehead atoms. The molecule has 0 aromatic rings. The van der Waals surface area contributed by atoms with Gasteiger partial charge in [-0.3, -0.25) is 4.79 Å². The Balaban J connectivity index is 0.000000605. The second kappa shape index (κ2) is 3.09. The number of Topliss-reactive ketones (excluding diaryl/α,β-unsaturated/α-hetero) is 1. The largest absolute Gasteiger partial charge is 0.391 e. The van der Waals surface area contributed by atoms with E-state index in [1.54, 1.807) is 0 Å². The van der Waals surface area contributed by atoms with Crippen molar-refractivity contribution in [3.8, 4) is 0 Å². The molecule has 2 rings (SSSR count). The third kappa shape index (κ3) is 1.55. The summed E-state index contributed by atoms with van der Waals surface area (Å²) < 4.78 is 0. The maximum atomic E-state index is 10.9. The van der Waals surface area contributed by atoms with E-state index in [1.165, 1.54) is 0 Å². The normalized spacial score (nSPS) is 41.9. The van der Waals surface area contributed by atoms with Gasteiger partial charge in [-0.2, -0.15) is 0 Å². The van der Waals surface area contributed by atoms with Gasteiger partial charge in [-0.15, -0.1) is 12.4 Å². The van der Waals surface area contributed by atoms with E-state index in [4.69, 9.17) is 0 Å². The van der Waals surface area contributed by atoms with Crippen molar-refractivity contribution >= 4 is 18.2 Å². The predicted octanol–water partition coefficient (Wildman–Crippen LogP) is -0.138. The van der Waals surface area contributed by atoms with E-state index < -0.39 is 0 Å². The summed E-state index contributed by atoms with van der Waals surface area (Å²) in [5, 5.41) is 12.5. The highest BCUT2D eigenvalue weighted by atomic mass is 35.5. The lowest BCUT2D eigenvalue weighted by Gasteiger charge is -2.19. The van der Waals surface area contributed by atoms with Crippen LogP contribution in [0.2, 0.25) is 0 Å². The fourth-order valence-electron chi connectivity index (χ4n) is 1.88. The summed E-state index contributed by atoms with van der Waals surface area (Å²) in [5.41, 5.74) is 0. The van der Waals surface area contributed by atoms with Gasteiger partial charge in [-0.1, -0.05) is 0 Å². The molecule has 3 atom stereocenters. The number of rotatable bonds is 0. The number of fused-ring (bicyclic) bond motifs is 2. The average molecular weight is 178 g/mol. The molecule has 2 saturated heterocycles. The number of aliphatic hydroxyl groups excluding tert-OH is 1. The summed E-state index contributed by atoms with van der Waals surface area (Å²) >= 11 is 0. The van der Waals surface area contributed by atoms with Crippen molar-refractivity contribution in [3.05, 3.63) is 0 Å².